The lowest BCUT2D eigenvalue weighted by atomic mass is 10.1. The smallest absolute Gasteiger partial charge is 0.0173 e. The van der Waals surface area contributed by atoms with Gasteiger partial charge in [0.05, 0.1) is 0 Å². The molecule has 0 radical (unpaired) electrons. The second-order valence-corrected chi connectivity index (χ2v) is 6.73. The third-order valence-electron chi connectivity index (χ3n) is 3.38. The van der Waals surface area contributed by atoms with E-state index in [1.165, 1.54) is 36.1 Å². The molecule has 0 N–H and O–H groups in total. The molecule has 0 nitrogen and oxygen atoms in total. The van der Waals surface area contributed by atoms with E-state index in [1.807, 2.05) is 11.8 Å². The van der Waals surface area contributed by atoms with Gasteiger partial charge in [-0.2, -0.15) is 0 Å². The molecule has 18 heavy (non-hydrogen) atoms. The van der Waals surface area contributed by atoms with Crippen LogP contribution in [0.3, 0.4) is 0 Å². The summed E-state index contributed by atoms with van der Waals surface area (Å²) in [6, 6.07) is 8.83. The van der Waals surface area contributed by atoms with Crippen LogP contribution in [0.25, 0.3) is 0 Å². The lowest BCUT2D eigenvalue weighted by Gasteiger charge is -2.25. The summed E-state index contributed by atoms with van der Waals surface area (Å²) in [5.41, 5.74) is 1.34. The van der Waals surface area contributed by atoms with Crippen molar-refractivity contribution in [3.63, 3.8) is 0 Å². The molecular formula is C17H30S. The highest BCUT2D eigenvalue weighted by Gasteiger charge is 2.20. The van der Waals surface area contributed by atoms with Crippen LogP contribution in [0.4, 0.5) is 0 Å². The van der Waals surface area contributed by atoms with Gasteiger partial charge in [0.2, 0.25) is 0 Å². The fraction of sp³-hybridized carbons (Fsp3) is 0.647. The average Bonchev–Trinajstić information content (AvgIpc) is 2.41. The van der Waals surface area contributed by atoms with Gasteiger partial charge in [0.1, 0.15) is 0 Å². The molecule has 1 heteroatoms. The van der Waals surface area contributed by atoms with Gasteiger partial charge in [-0.3, -0.25) is 0 Å². The van der Waals surface area contributed by atoms with Crippen LogP contribution in [0.2, 0.25) is 0 Å². The van der Waals surface area contributed by atoms with Gasteiger partial charge in [0.15, 0.2) is 0 Å². The Kier molecular flexibility index (Phi) is 9.27. The molecule has 0 aromatic heterocycles. The highest BCUT2D eigenvalue weighted by Crippen LogP contribution is 2.37. The van der Waals surface area contributed by atoms with Crippen LogP contribution in [0.5, 0.6) is 0 Å². The first-order chi connectivity index (χ1) is 8.51. The van der Waals surface area contributed by atoms with Crippen LogP contribution in [0.15, 0.2) is 29.2 Å². The van der Waals surface area contributed by atoms with Crippen molar-refractivity contribution >= 4 is 11.8 Å². The molecule has 0 amide bonds. The minimum absolute atomic E-state index is 0.398. The first-order valence-electron chi connectivity index (χ1n) is 7.27. The second kappa shape index (κ2) is 9.49. The Morgan fingerprint density at radius 3 is 1.67 bits per heavy atom. The van der Waals surface area contributed by atoms with Gasteiger partial charge in [0.25, 0.3) is 0 Å². The number of hydrogen-bond acceptors (Lipinski definition) is 1. The minimum atomic E-state index is 0.398. The molecule has 104 valence electrons. The molecule has 1 rings (SSSR count). The largest absolute Gasteiger partial charge is 0.120 e. The zero-order chi connectivity index (χ0) is 14.0. The number of benzene rings is 1. The van der Waals surface area contributed by atoms with Crippen molar-refractivity contribution < 1.29 is 0 Å². The Morgan fingerprint density at radius 2 is 1.33 bits per heavy atom. The molecule has 0 spiro atoms. The molecule has 0 atom stereocenters. The predicted octanol–water partition coefficient (Wildman–Crippen LogP) is 6.47. The molecule has 1 aromatic carbocycles. The van der Waals surface area contributed by atoms with Crippen LogP contribution >= 0.6 is 11.8 Å². The Labute approximate surface area is 119 Å². The van der Waals surface area contributed by atoms with Crippen molar-refractivity contribution in [2.24, 2.45) is 0 Å². The number of thioether (sulfide) groups is 1. The zero-order valence-electron chi connectivity index (χ0n) is 13.0. The second-order valence-electron chi connectivity index (χ2n) is 5.07. The molecule has 0 saturated heterocycles. The number of rotatable bonds is 5. The van der Waals surface area contributed by atoms with Crippen molar-refractivity contribution in [2.75, 3.05) is 0 Å². The molecule has 0 bridgehead atoms. The van der Waals surface area contributed by atoms with Crippen molar-refractivity contribution in [3.05, 3.63) is 29.8 Å². The Bertz CT molecular complexity index is 294. The topological polar surface area (TPSA) is 0 Å². The highest BCUT2D eigenvalue weighted by molar-refractivity contribution is 8.00. The summed E-state index contributed by atoms with van der Waals surface area (Å²) in [5.74, 6) is 0. The lowest BCUT2D eigenvalue weighted by Crippen LogP contribution is -2.16. The summed E-state index contributed by atoms with van der Waals surface area (Å²) in [4.78, 5) is 1.39. The summed E-state index contributed by atoms with van der Waals surface area (Å²) < 4.78 is 0.398. The van der Waals surface area contributed by atoms with E-state index in [4.69, 9.17) is 0 Å². The minimum Gasteiger partial charge on any atom is -0.120 e. The van der Waals surface area contributed by atoms with E-state index in [1.54, 1.807) is 0 Å². The fourth-order valence-corrected chi connectivity index (χ4v) is 2.42. The summed E-state index contributed by atoms with van der Waals surface area (Å²) in [5, 5.41) is 0. The van der Waals surface area contributed by atoms with Crippen molar-refractivity contribution in [2.45, 2.75) is 76.9 Å². The third-order valence-corrected chi connectivity index (χ3v) is 4.96. The van der Waals surface area contributed by atoms with Crippen molar-refractivity contribution in [1.29, 1.82) is 0 Å². The van der Waals surface area contributed by atoms with E-state index in [9.17, 15) is 0 Å². The fourth-order valence-electron chi connectivity index (χ4n) is 1.29. The molecule has 1 aromatic rings. The molecule has 0 heterocycles. The first-order valence-corrected chi connectivity index (χ1v) is 8.08. The van der Waals surface area contributed by atoms with Gasteiger partial charge in [-0.15, -0.1) is 11.8 Å². The van der Waals surface area contributed by atoms with Crippen molar-refractivity contribution in [1.82, 2.24) is 0 Å². The number of aryl methyl sites for hydroxylation is 1. The van der Waals surface area contributed by atoms with Crippen molar-refractivity contribution in [3.8, 4) is 0 Å². The normalized spacial score (nSPS) is 10.8. The summed E-state index contributed by atoms with van der Waals surface area (Å²) in [7, 11) is 0. The average molecular weight is 266 g/mol. The van der Waals surface area contributed by atoms with Crippen LogP contribution in [-0.2, 0) is 0 Å². The van der Waals surface area contributed by atoms with E-state index < -0.39 is 0 Å². The Hall–Kier alpha value is -0.430. The maximum absolute atomic E-state index is 2.34. The van der Waals surface area contributed by atoms with E-state index in [2.05, 4.69) is 65.8 Å². The molecule has 0 unspecified atom stereocenters. The van der Waals surface area contributed by atoms with E-state index in [0.717, 1.165) is 0 Å². The predicted molar refractivity (Wildman–Crippen MR) is 86.6 cm³/mol. The van der Waals surface area contributed by atoms with Crippen LogP contribution in [0.1, 0.15) is 65.9 Å². The van der Waals surface area contributed by atoms with Gasteiger partial charge in [-0.25, -0.2) is 0 Å². The molecular weight excluding hydrogens is 236 g/mol. The summed E-state index contributed by atoms with van der Waals surface area (Å²) in [6.45, 7) is 13.4. The molecule has 0 fully saturated rings. The van der Waals surface area contributed by atoms with Gasteiger partial charge in [-0.05, 0) is 31.9 Å². The monoisotopic (exact) mass is 266 g/mol. The number of unbranched alkanes of at least 4 members (excludes halogenated alkanes) is 1. The Balaban J connectivity index is 0.000000631. The van der Waals surface area contributed by atoms with Crippen LogP contribution < -0.4 is 0 Å². The maximum Gasteiger partial charge on any atom is 0.0173 e. The standard InChI is InChI=1S/C13H20S.C4H10/c1-5-13(4,6-2)14-12-9-7-11(3)8-10-12;1-3-4-2/h7-10H,5-6H2,1-4H3;3-4H2,1-2H3. The van der Waals surface area contributed by atoms with E-state index in [-0.39, 0.29) is 0 Å². The SMILES string of the molecule is CCC(C)(CC)Sc1ccc(C)cc1.CCCC. The number of hydrogen-bond donors (Lipinski definition) is 0. The maximum atomic E-state index is 2.34. The summed E-state index contributed by atoms with van der Waals surface area (Å²) >= 11 is 2.00. The highest BCUT2D eigenvalue weighted by atomic mass is 32.2. The summed E-state index contributed by atoms with van der Waals surface area (Å²) in [6.07, 6.45) is 5.09. The quantitative estimate of drug-likeness (QED) is 0.550. The molecule has 0 aliphatic heterocycles. The van der Waals surface area contributed by atoms with E-state index >= 15 is 0 Å². The van der Waals surface area contributed by atoms with Gasteiger partial charge in [0, 0.05) is 9.64 Å². The van der Waals surface area contributed by atoms with Gasteiger partial charge < -0.3 is 0 Å². The van der Waals surface area contributed by atoms with Gasteiger partial charge >= 0.3 is 0 Å². The Morgan fingerprint density at radius 1 is 0.889 bits per heavy atom. The molecule has 0 aliphatic carbocycles. The van der Waals surface area contributed by atoms with Crippen LogP contribution in [-0.4, -0.2) is 4.75 Å². The lowest BCUT2D eigenvalue weighted by molar-refractivity contribution is 0.599. The van der Waals surface area contributed by atoms with Crippen LogP contribution in [0, 0.1) is 6.92 Å². The third kappa shape index (κ3) is 7.10. The molecule has 0 saturated carbocycles. The molecule has 0 aliphatic rings. The zero-order valence-corrected chi connectivity index (χ0v) is 13.9. The van der Waals surface area contributed by atoms with Gasteiger partial charge in [-0.1, -0.05) is 65.2 Å². The van der Waals surface area contributed by atoms with E-state index in [0.29, 0.717) is 4.75 Å². The first kappa shape index (κ1) is 17.6.